The second kappa shape index (κ2) is 7.70. The lowest BCUT2D eigenvalue weighted by molar-refractivity contribution is -0.163. The summed E-state index contributed by atoms with van der Waals surface area (Å²) in [6.45, 7) is 2.82. The van der Waals surface area contributed by atoms with Crippen molar-refractivity contribution >= 4 is 11.8 Å². The summed E-state index contributed by atoms with van der Waals surface area (Å²) < 4.78 is 5.83. The minimum absolute atomic E-state index is 0.0111. The number of rotatable bonds is 5. The molecule has 5 nitrogen and oxygen atoms in total. The molecule has 2 amide bonds. The first-order valence-electron chi connectivity index (χ1n) is 8.90. The normalized spacial score (nSPS) is 20.0. The van der Waals surface area contributed by atoms with Crippen LogP contribution in [0.5, 0.6) is 0 Å². The number of carbonyl (C=O) groups excluding carboxylic acids is 2. The second-order valence-corrected chi connectivity index (χ2v) is 6.62. The maximum absolute atomic E-state index is 12.3. The summed E-state index contributed by atoms with van der Waals surface area (Å²) in [4.78, 5) is 26.0. The van der Waals surface area contributed by atoms with Crippen molar-refractivity contribution in [1.29, 1.82) is 0 Å². The molecule has 1 atom stereocenters. The number of morpholine rings is 1. The van der Waals surface area contributed by atoms with Crippen LogP contribution in [0.15, 0.2) is 54.6 Å². The average Bonchev–Trinajstić information content (AvgIpc) is 2.68. The molecule has 2 aromatic carbocycles. The zero-order valence-electron chi connectivity index (χ0n) is 15.0. The van der Waals surface area contributed by atoms with Crippen molar-refractivity contribution in [1.82, 2.24) is 4.90 Å². The van der Waals surface area contributed by atoms with E-state index in [2.05, 4.69) is 0 Å². The summed E-state index contributed by atoms with van der Waals surface area (Å²) in [6, 6.07) is 18.0. The van der Waals surface area contributed by atoms with E-state index in [0.29, 0.717) is 26.0 Å². The topological polar surface area (TPSA) is 72.6 Å². The number of primary amides is 1. The zero-order valence-corrected chi connectivity index (χ0v) is 15.0. The van der Waals surface area contributed by atoms with Gasteiger partial charge in [-0.1, -0.05) is 61.5 Å². The molecule has 2 N–H and O–H groups in total. The molecule has 0 bridgehead atoms. The second-order valence-electron chi connectivity index (χ2n) is 6.62. The number of carbonyl (C=O) groups is 2. The number of ether oxygens (including phenoxy) is 1. The third-order valence-corrected chi connectivity index (χ3v) is 4.81. The molecule has 1 aliphatic rings. The van der Waals surface area contributed by atoms with Gasteiger partial charge in [0, 0.05) is 19.4 Å². The fourth-order valence-electron chi connectivity index (χ4n) is 3.38. The van der Waals surface area contributed by atoms with E-state index in [4.69, 9.17) is 10.5 Å². The van der Waals surface area contributed by atoms with Gasteiger partial charge < -0.3 is 15.4 Å². The molecule has 0 spiro atoms. The van der Waals surface area contributed by atoms with Crippen molar-refractivity contribution < 1.29 is 14.3 Å². The van der Waals surface area contributed by atoms with Crippen LogP contribution in [0.1, 0.15) is 18.9 Å². The molecular formula is C21H24N2O3. The molecule has 0 saturated carbocycles. The molecule has 0 unspecified atom stereocenters. The van der Waals surface area contributed by atoms with Gasteiger partial charge in [0.2, 0.25) is 5.91 Å². The number of hydrogen-bond acceptors (Lipinski definition) is 3. The Bertz CT molecular complexity index is 791. The summed E-state index contributed by atoms with van der Waals surface area (Å²) in [5, 5.41) is 0. The maximum Gasteiger partial charge on any atom is 0.251 e. The van der Waals surface area contributed by atoms with Crippen LogP contribution in [-0.4, -0.2) is 42.0 Å². The highest BCUT2D eigenvalue weighted by molar-refractivity contribution is 5.86. The lowest BCUT2D eigenvalue weighted by Gasteiger charge is -2.40. The Morgan fingerprint density at radius 3 is 2.54 bits per heavy atom. The smallest absolute Gasteiger partial charge is 0.251 e. The number of nitrogens with zero attached hydrogens (tertiary/aromatic N) is 1. The molecule has 3 rings (SSSR count). The van der Waals surface area contributed by atoms with Gasteiger partial charge in [-0.3, -0.25) is 9.59 Å². The molecule has 2 aromatic rings. The van der Waals surface area contributed by atoms with Crippen LogP contribution in [-0.2, 0) is 20.7 Å². The van der Waals surface area contributed by atoms with Gasteiger partial charge in [0.1, 0.15) is 0 Å². The first kappa shape index (κ1) is 18.1. The Balaban J connectivity index is 1.87. The van der Waals surface area contributed by atoms with E-state index in [1.165, 1.54) is 0 Å². The Morgan fingerprint density at radius 2 is 1.85 bits per heavy atom. The van der Waals surface area contributed by atoms with Crippen molar-refractivity contribution in [3.63, 3.8) is 0 Å². The molecule has 1 heterocycles. The van der Waals surface area contributed by atoms with E-state index in [0.717, 1.165) is 16.7 Å². The number of nitrogens with two attached hydrogens (primary N) is 1. The van der Waals surface area contributed by atoms with Crippen molar-refractivity contribution in [3.05, 3.63) is 60.2 Å². The summed E-state index contributed by atoms with van der Waals surface area (Å²) in [5.41, 5.74) is 7.65. The molecular weight excluding hydrogens is 328 g/mol. The van der Waals surface area contributed by atoms with Crippen LogP contribution in [0.4, 0.5) is 0 Å². The van der Waals surface area contributed by atoms with Gasteiger partial charge in [0.15, 0.2) is 5.60 Å². The molecule has 136 valence electrons. The highest BCUT2D eigenvalue weighted by Crippen LogP contribution is 2.26. The summed E-state index contributed by atoms with van der Waals surface area (Å²) in [7, 11) is 0. The van der Waals surface area contributed by atoms with Gasteiger partial charge in [-0.05, 0) is 16.7 Å². The summed E-state index contributed by atoms with van der Waals surface area (Å²) in [6.07, 6.45) is 0.745. The minimum Gasteiger partial charge on any atom is -0.367 e. The van der Waals surface area contributed by atoms with Crippen LogP contribution >= 0.6 is 0 Å². The van der Waals surface area contributed by atoms with Gasteiger partial charge in [-0.15, -0.1) is 0 Å². The molecule has 26 heavy (non-hydrogen) atoms. The van der Waals surface area contributed by atoms with Crippen LogP contribution in [0.2, 0.25) is 0 Å². The highest BCUT2D eigenvalue weighted by Gasteiger charge is 2.43. The molecule has 5 heteroatoms. The predicted molar refractivity (Wildman–Crippen MR) is 100 cm³/mol. The monoisotopic (exact) mass is 352 g/mol. The van der Waals surface area contributed by atoms with E-state index < -0.39 is 11.5 Å². The molecule has 0 radical (unpaired) electrons. The van der Waals surface area contributed by atoms with Crippen molar-refractivity contribution in [2.45, 2.75) is 25.4 Å². The first-order chi connectivity index (χ1) is 12.5. The molecule has 1 aliphatic heterocycles. The molecule has 1 fully saturated rings. The Labute approximate surface area is 153 Å². The van der Waals surface area contributed by atoms with Gasteiger partial charge in [-0.2, -0.15) is 0 Å². The van der Waals surface area contributed by atoms with Crippen LogP contribution in [0, 0.1) is 0 Å². The SMILES string of the molecule is CCC(=O)N1CCO[C@@](Cc2cccc(-c3ccccc3)c2)(C(N)=O)C1. The van der Waals surface area contributed by atoms with E-state index in [9.17, 15) is 9.59 Å². The van der Waals surface area contributed by atoms with Gasteiger partial charge in [0.25, 0.3) is 5.91 Å². The maximum atomic E-state index is 12.3. The Morgan fingerprint density at radius 1 is 1.12 bits per heavy atom. The Kier molecular flexibility index (Phi) is 5.38. The van der Waals surface area contributed by atoms with Gasteiger partial charge in [0.05, 0.1) is 13.2 Å². The van der Waals surface area contributed by atoms with Crippen molar-refractivity contribution in [2.24, 2.45) is 5.73 Å². The predicted octanol–water partition coefficient (Wildman–Crippen LogP) is 2.39. The van der Waals surface area contributed by atoms with Crippen LogP contribution < -0.4 is 5.73 Å². The lowest BCUT2D eigenvalue weighted by Crippen LogP contribution is -2.61. The third kappa shape index (κ3) is 3.78. The number of benzene rings is 2. The van der Waals surface area contributed by atoms with E-state index in [-0.39, 0.29) is 12.5 Å². The van der Waals surface area contributed by atoms with Gasteiger partial charge >= 0.3 is 0 Å². The fraction of sp³-hybridized carbons (Fsp3) is 0.333. The van der Waals surface area contributed by atoms with Crippen LogP contribution in [0.25, 0.3) is 11.1 Å². The molecule has 0 aliphatic carbocycles. The summed E-state index contributed by atoms with van der Waals surface area (Å²) in [5.74, 6) is -0.520. The highest BCUT2D eigenvalue weighted by atomic mass is 16.5. The molecule has 1 saturated heterocycles. The third-order valence-electron chi connectivity index (χ3n) is 4.81. The standard InChI is InChI=1S/C21H24N2O3/c1-2-19(24)23-11-12-26-21(15-23,20(22)25)14-16-7-6-10-18(13-16)17-8-4-3-5-9-17/h3-10,13H,2,11-12,14-15H2,1H3,(H2,22,25)/t21-/m1/s1. The zero-order chi connectivity index (χ0) is 18.6. The van der Waals surface area contributed by atoms with E-state index in [1.54, 1.807) is 4.90 Å². The van der Waals surface area contributed by atoms with E-state index >= 15 is 0 Å². The quantitative estimate of drug-likeness (QED) is 0.898. The molecule has 0 aromatic heterocycles. The number of hydrogen-bond donors (Lipinski definition) is 1. The Hall–Kier alpha value is -2.66. The van der Waals surface area contributed by atoms with Crippen molar-refractivity contribution in [3.8, 4) is 11.1 Å². The van der Waals surface area contributed by atoms with Crippen molar-refractivity contribution in [2.75, 3.05) is 19.7 Å². The fourth-order valence-corrected chi connectivity index (χ4v) is 3.38. The average molecular weight is 352 g/mol. The van der Waals surface area contributed by atoms with Crippen LogP contribution in [0.3, 0.4) is 0 Å². The lowest BCUT2D eigenvalue weighted by atomic mass is 9.90. The minimum atomic E-state index is -1.18. The van der Waals surface area contributed by atoms with Gasteiger partial charge in [-0.25, -0.2) is 0 Å². The largest absolute Gasteiger partial charge is 0.367 e. The summed E-state index contributed by atoms with van der Waals surface area (Å²) >= 11 is 0. The van der Waals surface area contributed by atoms with E-state index in [1.807, 2.05) is 61.5 Å². The first-order valence-corrected chi connectivity index (χ1v) is 8.90. The number of amides is 2.